The Hall–Kier alpha value is -0.120. The molecule has 13 heavy (non-hydrogen) atoms. The minimum Gasteiger partial charge on any atom is -0.396 e. The molecule has 3 unspecified atom stereocenters. The molecule has 0 aromatic rings. The quantitative estimate of drug-likeness (QED) is 0.669. The average molecular weight is 186 g/mol. The summed E-state index contributed by atoms with van der Waals surface area (Å²) in [6.45, 7) is 0.316. The zero-order valence-corrected chi connectivity index (χ0v) is 8.32. The van der Waals surface area contributed by atoms with E-state index in [0.717, 1.165) is 25.2 Å². The average Bonchev–Trinajstić information content (AvgIpc) is 2.48. The summed E-state index contributed by atoms with van der Waals surface area (Å²) in [5, 5.41) is 9.06. The fourth-order valence-electron chi connectivity index (χ4n) is 3.06. The summed E-state index contributed by atoms with van der Waals surface area (Å²) in [5.41, 5.74) is 0. The lowest BCUT2D eigenvalue weighted by Crippen LogP contribution is -2.54. The maximum absolute atomic E-state index is 9.06. The van der Waals surface area contributed by atoms with Crippen LogP contribution >= 0.6 is 0 Å². The highest BCUT2D eigenvalue weighted by Gasteiger charge is 2.58. The van der Waals surface area contributed by atoms with Gasteiger partial charge in [-0.15, -0.1) is 0 Å². The fourth-order valence-corrected chi connectivity index (χ4v) is 3.06. The Bertz CT molecular complexity index is 189. The first-order valence-corrected chi connectivity index (χ1v) is 4.97. The lowest BCUT2D eigenvalue weighted by atomic mass is 9.70. The topological polar surface area (TPSA) is 38.7 Å². The summed E-state index contributed by atoms with van der Waals surface area (Å²) in [4.78, 5) is 0. The molecule has 0 aromatic carbocycles. The van der Waals surface area contributed by atoms with Crippen LogP contribution in [0.5, 0.6) is 0 Å². The molecule has 2 aliphatic carbocycles. The molecular weight excluding hydrogens is 168 g/mol. The van der Waals surface area contributed by atoms with Crippen molar-refractivity contribution in [2.24, 2.45) is 17.8 Å². The molecule has 2 aliphatic rings. The van der Waals surface area contributed by atoms with Crippen LogP contribution in [0.15, 0.2) is 0 Å². The molecule has 0 heterocycles. The standard InChI is InChI=1S/C10H18O3/c1-12-10(13-2)5-8-3-7(6-11)4-9(8)10/h7-9,11H,3-6H2,1-2H3. The molecule has 2 rings (SSSR count). The molecular formula is C10H18O3. The first-order valence-electron chi connectivity index (χ1n) is 4.97. The monoisotopic (exact) mass is 186 g/mol. The molecule has 0 radical (unpaired) electrons. The van der Waals surface area contributed by atoms with Gasteiger partial charge in [-0.25, -0.2) is 0 Å². The van der Waals surface area contributed by atoms with Crippen molar-refractivity contribution >= 4 is 0 Å². The van der Waals surface area contributed by atoms with Crippen LogP contribution < -0.4 is 0 Å². The Kier molecular flexibility index (Phi) is 2.34. The van der Waals surface area contributed by atoms with Crippen LogP contribution in [0.2, 0.25) is 0 Å². The van der Waals surface area contributed by atoms with E-state index < -0.39 is 0 Å². The number of hydrogen-bond acceptors (Lipinski definition) is 3. The van der Waals surface area contributed by atoms with Gasteiger partial charge in [-0.2, -0.15) is 0 Å². The van der Waals surface area contributed by atoms with Crippen molar-refractivity contribution in [3.63, 3.8) is 0 Å². The number of aliphatic hydroxyl groups excluding tert-OH is 1. The van der Waals surface area contributed by atoms with Gasteiger partial charge in [-0.05, 0) is 24.7 Å². The Morgan fingerprint density at radius 3 is 2.54 bits per heavy atom. The van der Waals surface area contributed by atoms with Crippen LogP contribution in [0.3, 0.4) is 0 Å². The summed E-state index contributed by atoms with van der Waals surface area (Å²) in [6, 6.07) is 0. The van der Waals surface area contributed by atoms with Gasteiger partial charge < -0.3 is 14.6 Å². The molecule has 0 aromatic heterocycles. The zero-order chi connectivity index (χ0) is 9.47. The number of rotatable bonds is 3. The van der Waals surface area contributed by atoms with E-state index in [1.165, 1.54) is 0 Å². The molecule has 3 atom stereocenters. The van der Waals surface area contributed by atoms with Crippen LogP contribution in [0.1, 0.15) is 19.3 Å². The number of aliphatic hydroxyl groups is 1. The summed E-state index contributed by atoms with van der Waals surface area (Å²) in [6.07, 6.45) is 3.21. The van der Waals surface area contributed by atoms with Crippen molar-refractivity contribution < 1.29 is 14.6 Å². The summed E-state index contributed by atoms with van der Waals surface area (Å²) < 4.78 is 10.9. The van der Waals surface area contributed by atoms with Crippen molar-refractivity contribution in [3.05, 3.63) is 0 Å². The van der Waals surface area contributed by atoms with Crippen molar-refractivity contribution in [1.82, 2.24) is 0 Å². The number of hydrogen-bond donors (Lipinski definition) is 1. The summed E-state index contributed by atoms with van der Waals surface area (Å²) >= 11 is 0. The van der Waals surface area contributed by atoms with Gasteiger partial charge >= 0.3 is 0 Å². The van der Waals surface area contributed by atoms with Crippen LogP contribution in [0.25, 0.3) is 0 Å². The van der Waals surface area contributed by atoms with Crippen molar-refractivity contribution in [1.29, 1.82) is 0 Å². The van der Waals surface area contributed by atoms with Gasteiger partial charge in [-0.1, -0.05) is 0 Å². The second-order valence-corrected chi connectivity index (χ2v) is 4.31. The van der Waals surface area contributed by atoms with Crippen LogP contribution in [-0.4, -0.2) is 31.7 Å². The Morgan fingerprint density at radius 1 is 1.31 bits per heavy atom. The molecule has 0 spiro atoms. The Labute approximate surface area is 79.0 Å². The molecule has 3 heteroatoms. The second kappa shape index (κ2) is 3.23. The van der Waals surface area contributed by atoms with Crippen molar-refractivity contribution in [2.75, 3.05) is 20.8 Å². The summed E-state index contributed by atoms with van der Waals surface area (Å²) in [5.74, 6) is 1.38. The van der Waals surface area contributed by atoms with E-state index in [9.17, 15) is 0 Å². The van der Waals surface area contributed by atoms with Gasteiger partial charge in [0.25, 0.3) is 0 Å². The van der Waals surface area contributed by atoms with E-state index in [4.69, 9.17) is 14.6 Å². The Balaban J connectivity index is 2.01. The maximum atomic E-state index is 9.06. The van der Waals surface area contributed by atoms with Crippen molar-refractivity contribution in [2.45, 2.75) is 25.0 Å². The summed E-state index contributed by atoms with van der Waals surface area (Å²) in [7, 11) is 3.43. The molecule has 2 fully saturated rings. The van der Waals surface area contributed by atoms with Gasteiger partial charge in [0.05, 0.1) is 0 Å². The molecule has 0 bridgehead atoms. The highest BCUT2D eigenvalue weighted by molar-refractivity contribution is 5.02. The SMILES string of the molecule is COC1(OC)CC2CC(CO)CC21. The minimum atomic E-state index is -0.325. The lowest BCUT2D eigenvalue weighted by molar-refractivity contribution is -0.303. The van der Waals surface area contributed by atoms with Crippen LogP contribution in [0, 0.1) is 17.8 Å². The van der Waals surface area contributed by atoms with E-state index in [2.05, 4.69) is 0 Å². The minimum absolute atomic E-state index is 0.316. The first kappa shape index (κ1) is 9.44. The maximum Gasteiger partial charge on any atom is 0.170 e. The molecule has 0 saturated heterocycles. The van der Waals surface area contributed by atoms with E-state index in [1.807, 2.05) is 0 Å². The van der Waals surface area contributed by atoms with Gasteiger partial charge in [-0.3, -0.25) is 0 Å². The third-order valence-electron chi connectivity index (χ3n) is 3.85. The zero-order valence-electron chi connectivity index (χ0n) is 8.32. The normalized spacial score (nSPS) is 41.3. The van der Waals surface area contributed by atoms with E-state index >= 15 is 0 Å². The molecule has 0 amide bonds. The highest BCUT2D eigenvalue weighted by atomic mass is 16.7. The van der Waals surface area contributed by atoms with Gasteiger partial charge in [0, 0.05) is 33.2 Å². The van der Waals surface area contributed by atoms with Gasteiger partial charge in [0.1, 0.15) is 0 Å². The van der Waals surface area contributed by atoms with Crippen LogP contribution in [0.4, 0.5) is 0 Å². The third-order valence-corrected chi connectivity index (χ3v) is 3.85. The van der Waals surface area contributed by atoms with E-state index in [-0.39, 0.29) is 5.79 Å². The fraction of sp³-hybridized carbons (Fsp3) is 1.00. The number of fused-ring (bicyclic) bond motifs is 1. The van der Waals surface area contributed by atoms with E-state index in [0.29, 0.717) is 18.4 Å². The predicted octanol–water partition coefficient (Wildman–Crippen LogP) is 1.01. The molecule has 76 valence electrons. The molecule has 2 saturated carbocycles. The smallest absolute Gasteiger partial charge is 0.170 e. The highest BCUT2D eigenvalue weighted by Crippen LogP contribution is 2.57. The first-order chi connectivity index (χ1) is 6.25. The number of methoxy groups -OCH3 is 2. The van der Waals surface area contributed by atoms with Gasteiger partial charge in [0.2, 0.25) is 0 Å². The molecule has 0 aliphatic heterocycles. The van der Waals surface area contributed by atoms with Crippen LogP contribution in [-0.2, 0) is 9.47 Å². The third kappa shape index (κ3) is 1.22. The Morgan fingerprint density at radius 2 is 2.00 bits per heavy atom. The largest absolute Gasteiger partial charge is 0.396 e. The predicted molar refractivity (Wildman–Crippen MR) is 48.2 cm³/mol. The van der Waals surface area contributed by atoms with Gasteiger partial charge in [0.15, 0.2) is 5.79 Å². The lowest BCUT2D eigenvalue weighted by Gasteiger charge is -2.49. The molecule has 3 nitrogen and oxygen atoms in total. The molecule has 1 N–H and O–H groups in total. The second-order valence-electron chi connectivity index (χ2n) is 4.31. The van der Waals surface area contributed by atoms with Crippen molar-refractivity contribution in [3.8, 4) is 0 Å². The van der Waals surface area contributed by atoms with E-state index in [1.54, 1.807) is 14.2 Å². The number of ether oxygens (including phenoxy) is 2.